The Labute approximate surface area is 125 Å². The lowest BCUT2D eigenvalue weighted by atomic mass is 10.2. The first-order valence-corrected chi connectivity index (χ1v) is 6.80. The summed E-state index contributed by atoms with van der Waals surface area (Å²) in [7, 11) is 1.67. The van der Waals surface area contributed by atoms with Gasteiger partial charge in [0.05, 0.1) is 7.11 Å². The molecule has 0 saturated carbocycles. The first-order chi connectivity index (χ1) is 10.3. The molecule has 0 radical (unpaired) electrons. The molecule has 0 unspecified atom stereocenters. The summed E-state index contributed by atoms with van der Waals surface area (Å²) in [4.78, 5) is 0. The van der Waals surface area contributed by atoms with Gasteiger partial charge in [0, 0.05) is 13.1 Å². The highest BCUT2D eigenvalue weighted by Gasteiger charge is 1.97. The highest BCUT2D eigenvalue weighted by atomic mass is 16.5. The zero-order valence-electron chi connectivity index (χ0n) is 12.1. The van der Waals surface area contributed by atoms with Crippen LogP contribution in [0.3, 0.4) is 0 Å². The minimum Gasteiger partial charge on any atom is -0.497 e. The summed E-state index contributed by atoms with van der Waals surface area (Å²) < 4.78 is 10.5. The van der Waals surface area contributed by atoms with E-state index < -0.39 is 0 Å². The van der Waals surface area contributed by atoms with Crippen molar-refractivity contribution in [1.29, 1.82) is 0 Å². The van der Waals surface area contributed by atoms with E-state index in [0.717, 1.165) is 24.6 Å². The summed E-state index contributed by atoms with van der Waals surface area (Å²) in [5.74, 6) is 4.12. The number of terminal acetylenes is 1. The molecule has 0 amide bonds. The number of hydrogen-bond donors (Lipinski definition) is 1. The summed E-state index contributed by atoms with van der Waals surface area (Å²) in [5, 5.41) is 3.40. The summed E-state index contributed by atoms with van der Waals surface area (Å²) in [6.07, 6.45) is 5.15. The molecule has 21 heavy (non-hydrogen) atoms. The third kappa shape index (κ3) is 4.87. The van der Waals surface area contributed by atoms with Crippen LogP contribution in [0.5, 0.6) is 11.5 Å². The molecule has 2 aromatic rings. The lowest BCUT2D eigenvalue weighted by Gasteiger charge is -2.07. The molecule has 3 heteroatoms. The Balaban J connectivity index is 1.78. The van der Waals surface area contributed by atoms with Crippen molar-refractivity contribution in [3.63, 3.8) is 0 Å². The number of ether oxygens (including phenoxy) is 2. The van der Waals surface area contributed by atoms with E-state index in [1.54, 1.807) is 7.11 Å². The molecule has 2 rings (SSSR count). The average Bonchev–Trinajstić information content (AvgIpc) is 2.55. The van der Waals surface area contributed by atoms with Gasteiger partial charge in [-0.05, 0) is 35.4 Å². The van der Waals surface area contributed by atoms with Crippen LogP contribution in [0.4, 0.5) is 0 Å². The lowest BCUT2D eigenvalue weighted by Crippen LogP contribution is -2.12. The third-order valence-electron chi connectivity index (χ3n) is 3.06. The molecular formula is C18H19NO2. The Hall–Kier alpha value is -2.44. The lowest BCUT2D eigenvalue weighted by molar-refractivity contribution is 0.370. The van der Waals surface area contributed by atoms with Gasteiger partial charge in [-0.15, -0.1) is 6.42 Å². The van der Waals surface area contributed by atoms with E-state index in [1.165, 1.54) is 11.1 Å². The Morgan fingerprint density at radius 2 is 1.43 bits per heavy atom. The van der Waals surface area contributed by atoms with E-state index in [1.807, 2.05) is 36.4 Å². The largest absolute Gasteiger partial charge is 0.497 e. The van der Waals surface area contributed by atoms with E-state index in [0.29, 0.717) is 6.61 Å². The predicted molar refractivity (Wildman–Crippen MR) is 84.3 cm³/mol. The Bertz CT molecular complexity index is 582. The van der Waals surface area contributed by atoms with E-state index in [2.05, 4.69) is 23.4 Å². The fraction of sp³-hybridized carbons (Fsp3) is 0.222. The second-order valence-electron chi connectivity index (χ2n) is 4.59. The maximum atomic E-state index is 5.34. The van der Waals surface area contributed by atoms with Crippen molar-refractivity contribution < 1.29 is 9.47 Å². The fourth-order valence-corrected chi connectivity index (χ4v) is 1.92. The molecule has 2 aromatic carbocycles. The monoisotopic (exact) mass is 281 g/mol. The van der Waals surface area contributed by atoms with Crippen LogP contribution in [-0.4, -0.2) is 13.7 Å². The Morgan fingerprint density at radius 1 is 0.905 bits per heavy atom. The maximum Gasteiger partial charge on any atom is 0.148 e. The Kier molecular flexibility index (Phi) is 5.69. The molecular weight excluding hydrogens is 262 g/mol. The van der Waals surface area contributed by atoms with Gasteiger partial charge < -0.3 is 14.8 Å². The average molecular weight is 281 g/mol. The van der Waals surface area contributed by atoms with Gasteiger partial charge in [0.2, 0.25) is 0 Å². The van der Waals surface area contributed by atoms with Crippen LogP contribution < -0.4 is 14.8 Å². The molecule has 0 fully saturated rings. The van der Waals surface area contributed by atoms with Crippen molar-refractivity contribution in [1.82, 2.24) is 5.32 Å². The van der Waals surface area contributed by atoms with Crippen molar-refractivity contribution >= 4 is 0 Å². The SMILES string of the molecule is C#CCOc1ccc(CNCc2ccc(OC)cc2)cc1. The van der Waals surface area contributed by atoms with Crippen LogP contribution in [0.15, 0.2) is 48.5 Å². The number of hydrogen-bond acceptors (Lipinski definition) is 3. The van der Waals surface area contributed by atoms with Crippen molar-refractivity contribution in [3.8, 4) is 23.8 Å². The van der Waals surface area contributed by atoms with E-state index in [9.17, 15) is 0 Å². The van der Waals surface area contributed by atoms with Crippen LogP contribution in [0, 0.1) is 12.3 Å². The molecule has 1 N–H and O–H groups in total. The van der Waals surface area contributed by atoms with Gasteiger partial charge in [0.25, 0.3) is 0 Å². The van der Waals surface area contributed by atoms with Crippen LogP contribution in [0.2, 0.25) is 0 Å². The van der Waals surface area contributed by atoms with Crippen LogP contribution in [0.1, 0.15) is 11.1 Å². The minimum atomic E-state index is 0.301. The number of methoxy groups -OCH3 is 1. The molecule has 0 bridgehead atoms. The zero-order chi connectivity index (χ0) is 14.9. The van der Waals surface area contributed by atoms with Gasteiger partial charge in [-0.1, -0.05) is 30.2 Å². The summed E-state index contributed by atoms with van der Waals surface area (Å²) in [5.41, 5.74) is 2.43. The number of benzene rings is 2. The van der Waals surface area contributed by atoms with Crippen molar-refractivity contribution in [2.24, 2.45) is 0 Å². The molecule has 0 aliphatic carbocycles. The first kappa shape index (κ1) is 15.0. The first-order valence-electron chi connectivity index (χ1n) is 6.80. The highest BCUT2D eigenvalue weighted by Crippen LogP contribution is 2.13. The maximum absolute atomic E-state index is 5.34. The number of rotatable bonds is 7. The molecule has 0 atom stereocenters. The van der Waals surface area contributed by atoms with Crippen LogP contribution >= 0.6 is 0 Å². The number of nitrogens with one attached hydrogen (secondary N) is 1. The van der Waals surface area contributed by atoms with E-state index >= 15 is 0 Å². The molecule has 0 aliphatic rings. The van der Waals surface area contributed by atoms with Crippen molar-refractivity contribution in [3.05, 3.63) is 59.7 Å². The van der Waals surface area contributed by atoms with Gasteiger partial charge in [-0.2, -0.15) is 0 Å². The molecule has 0 saturated heterocycles. The van der Waals surface area contributed by atoms with Crippen molar-refractivity contribution in [2.45, 2.75) is 13.1 Å². The van der Waals surface area contributed by atoms with Crippen LogP contribution in [-0.2, 0) is 13.1 Å². The van der Waals surface area contributed by atoms with Gasteiger partial charge in [-0.3, -0.25) is 0 Å². The molecule has 108 valence electrons. The normalized spacial score (nSPS) is 9.90. The second-order valence-corrected chi connectivity index (χ2v) is 4.59. The molecule has 0 spiro atoms. The summed E-state index contributed by atoms with van der Waals surface area (Å²) in [6, 6.07) is 16.0. The van der Waals surface area contributed by atoms with Gasteiger partial charge in [-0.25, -0.2) is 0 Å². The minimum absolute atomic E-state index is 0.301. The predicted octanol–water partition coefficient (Wildman–Crippen LogP) is 3.00. The Morgan fingerprint density at radius 3 is 1.90 bits per heavy atom. The van der Waals surface area contributed by atoms with E-state index in [-0.39, 0.29) is 0 Å². The molecule has 0 aliphatic heterocycles. The second kappa shape index (κ2) is 7.98. The van der Waals surface area contributed by atoms with Crippen LogP contribution in [0.25, 0.3) is 0 Å². The van der Waals surface area contributed by atoms with E-state index in [4.69, 9.17) is 15.9 Å². The topological polar surface area (TPSA) is 30.5 Å². The smallest absolute Gasteiger partial charge is 0.148 e. The molecule has 0 aromatic heterocycles. The van der Waals surface area contributed by atoms with Gasteiger partial charge in [0.1, 0.15) is 18.1 Å². The fourth-order valence-electron chi connectivity index (χ4n) is 1.92. The van der Waals surface area contributed by atoms with Gasteiger partial charge >= 0.3 is 0 Å². The van der Waals surface area contributed by atoms with Gasteiger partial charge in [0.15, 0.2) is 0 Å². The standard InChI is InChI=1S/C18H19NO2/c1-3-12-21-18-10-6-16(7-11-18)14-19-13-15-4-8-17(20-2)9-5-15/h1,4-11,19H,12-14H2,2H3. The summed E-state index contributed by atoms with van der Waals surface area (Å²) >= 11 is 0. The van der Waals surface area contributed by atoms with Crippen molar-refractivity contribution in [2.75, 3.05) is 13.7 Å². The molecule has 3 nitrogen and oxygen atoms in total. The quantitative estimate of drug-likeness (QED) is 0.791. The highest BCUT2D eigenvalue weighted by molar-refractivity contribution is 5.28. The molecule has 0 heterocycles. The summed E-state index contributed by atoms with van der Waals surface area (Å²) in [6.45, 7) is 1.93. The third-order valence-corrected chi connectivity index (χ3v) is 3.06. The zero-order valence-corrected chi connectivity index (χ0v) is 12.1.